The molecule has 0 saturated carbocycles. The van der Waals surface area contributed by atoms with Crippen molar-refractivity contribution in [2.45, 2.75) is 33.6 Å². The Labute approximate surface area is 87.9 Å². The largest absolute Gasteiger partial charge is 0.294 e. The lowest BCUT2D eigenvalue weighted by atomic mass is 10.2. The van der Waals surface area contributed by atoms with Crippen LogP contribution in [0.2, 0.25) is 0 Å². The van der Waals surface area contributed by atoms with Crippen molar-refractivity contribution in [3.63, 3.8) is 0 Å². The summed E-state index contributed by atoms with van der Waals surface area (Å²) in [6, 6.07) is 1.93. The second-order valence-electron chi connectivity index (χ2n) is 3.67. The highest BCUT2D eigenvalue weighted by Crippen LogP contribution is 2.06. The summed E-state index contributed by atoms with van der Waals surface area (Å²) >= 11 is 0. The van der Waals surface area contributed by atoms with Gasteiger partial charge in [-0.1, -0.05) is 13.8 Å². The first-order valence-electron chi connectivity index (χ1n) is 5.27. The van der Waals surface area contributed by atoms with Gasteiger partial charge in [0.15, 0.2) is 5.65 Å². The van der Waals surface area contributed by atoms with E-state index in [1.807, 2.05) is 26.8 Å². The number of aromatic nitrogens is 3. The maximum absolute atomic E-state index is 11.9. The minimum atomic E-state index is 0.0107. The molecule has 15 heavy (non-hydrogen) atoms. The van der Waals surface area contributed by atoms with E-state index >= 15 is 0 Å². The zero-order valence-corrected chi connectivity index (χ0v) is 9.29. The molecule has 0 aliphatic heterocycles. The van der Waals surface area contributed by atoms with Crippen molar-refractivity contribution in [3.8, 4) is 0 Å². The van der Waals surface area contributed by atoms with E-state index in [-0.39, 0.29) is 5.56 Å². The fourth-order valence-corrected chi connectivity index (χ4v) is 1.73. The van der Waals surface area contributed by atoms with Crippen LogP contribution in [0.5, 0.6) is 0 Å². The van der Waals surface area contributed by atoms with Crippen LogP contribution in [-0.2, 0) is 12.8 Å². The molecule has 0 spiro atoms. The monoisotopic (exact) mass is 205 g/mol. The van der Waals surface area contributed by atoms with E-state index < -0.39 is 0 Å². The molecule has 0 aromatic carbocycles. The normalized spacial score (nSPS) is 11.1. The molecule has 2 aromatic heterocycles. The number of rotatable bonds is 2. The topological polar surface area (TPSA) is 50.2 Å². The summed E-state index contributed by atoms with van der Waals surface area (Å²) in [5, 5.41) is 3.05. The van der Waals surface area contributed by atoms with Gasteiger partial charge in [0.05, 0.1) is 5.69 Å². The minimum absolute atomic E-state index is 0.0107. The molecule has 1 N–H and O–H groups in total. The van der Waals surface area contributed by atoms with E-state index in [4.69, 9.17) is 0 Å². The molecule has 2 rings (SSSR count). The van der Waals surface area contributed by atoms with Gasteiger partial charge < -0.3 is 0 Å². The predicted octanol–water partition coefficient (Wildman–Crippen LogP) is 1.46. The summed E-state index contributed by atoms with van der Waals surface area (Å²) in [6.45, 7) is 5.88. The zero-order chi connectivity index (χ0) is 11.0. The number of hydrogen-bond donors (Lipinski definition) is 1. The fraction of sp³-hybridized carbons (Fsp3) is 0.455. The molecular weight excluding hydrogens is 190 g/mol. The van der Waals surface area contributed by atoms with E-state index in [0.717, 1.165) is 35.4 Å². The number of hydrogen-bond acceptors (Lipinski definition) is 2. The lowest BCUT2D eigenvalue weighted by molar-refractivity contribution is 0.831. The molecule has 0 fully saturated rings. The van der Waals surface area contributed by atoms with Gasteiger partial charge >= 0.3 is 0 Å². The fourth-order valence-electron chi connectivity index (χ4n) is 1.73. The highest BCUT2D eigenvalue weighted by atomic mass is 16.1. The van der Waals surface area contributed by atoms with Gasteiger partial charge in [-0.15, -0.1) is 0 Å². The Morgan fingerprint density at radius 2 is 2.13 bits per heavy atom. The number of fused-ring (bicyclic) bond motifs is 1. The molecule has 0 aliphatic carbocycles. The predicted molar refractivity (Wildman–Crippen MR) is 59.3 cm³/mol. The van der Waals surface area contributed by atoms with Crippen LogP contribution in [0.25, 0.3) is 5.65 Å². The first-order valence-corrected chi connectivity index (χ1v) is 5.27. The summed E-state index contributed by atoms with van der Waals surface area (Å²) in [5.41, 5.74) is 3.39. The van der Waals surface area contributed by atoms with Crippen LogP contribution in [0.4, 0.5) is 0 Å². The third-order valence-corrected chi connectivity index (χ3v) is 2.71. The average molecular weight is 205 g/mol. The van der Waals surface area contributed by atoms with E-state index in [9.17, 15) is 4.79 Å². The summed E-state index contributed by atoms with van der Waals surface area (Å²) in [5.74, 6) is 0. The highest BCUT2D eigenvalue weighted by molar-refractivity contribution is 5.41. The first-order chi connectivity index (χ1) is 7.17. The van der Waals surface area contributed by atoms with Crippen LogP contribution < -0.4 is 5.56 Å². The van der Waals surface area contributed by atoms with Gasteiger partial charge in [0.2, 0.25) is 0 Å². The maximum Gasteiger partial charge on any atom is 0.275 e. The van der Waals surface area contributed by atoms with E-state index in [2.05, 4.69) is 10.1 Å². The van der Waals surface area contributed by atoms with Crippen molar-refractivity contribution in [1.29, 1.82) is 0 Å². The summed E-state index contributed by atoms with van der Waals surface area (Å²) < 4.78 is 1.52. The second-order valence-corrected chi connectivity index (χ2v) is 3.67. The van der Waals surface area contributed by atoms with E-state index in [1.54, 1.807) is 0 Å². The van der Waals surface area contributed by atoms with Crippen LogP contribution in [0.1, 0.15) is 30.8 Å². The van der Waals surface area contributed by atoms with Crippen LogP contribution in [0.3, 0.4) is 0 Å². The molecule has 0 radical (unpaired) electrons. The second kappa shape index (κ2) is 3.53. The standard InChI is InChI=1S/C11H15N3O/c1-4-8-6-10-12-9(5-2)7(3)11(15)14(10)13-8/h6,13H,4-5H2,1-3H3. The third-order valence-electron chi connectivity index (χ3n) is 2.71. The van der Waals surface area contributed by atoms with Gasteiger partial charge in [-0.05, 0) is 19.8 Å². The molecule has 0 saturated heterocycles. The Balaban J connectivity index is 2.81. The van der Waals surface area contributed by atoms with Crippen LogP contribution in [0.15, 0.2) is 10.9 Å². The van der Waals surface area contributed by atoms with Gasteiger partial charge in [0, 0.05) is 17.3 Å². The SMILES string of the molecule is CCc1cc2nc(CC)c(C)c(=O)n2[nH]1. The third kappa shape index (κ3) is 1.46. The molecule has 0 atom stereocenters. The summed E-state index contributed by atoms with van der Waals surface area (Å²) in [6.07, 6.45) is 1.67. The Hall–Kier alpha value is -1.58. The van der Waals surface area contributed by atoms with E-state index in [1.165, 1.54) is 4.52 Å². The molecule has 4 nitrogen and oxygen atoms in total. The molecule has 80 valence electrons. The Morgan fingerprint density at radius 3 is 2.73 bits per heavy atom. The Bertz CT molecular complexity index is 551. The molecule has 2 heterocycles. The smallest absolute Gasteiger partial charge is 0.275 e. The molecule has 0 unspecified atom stereocenters. The van der Waals surface area contributed by atoms with Gasteiger partial charge in [-0.3, -0.25) is 9.89 Å². The number of H-pyrrole nitrogens is 1. The van der Waals surface area contributed by atoms with Crippen molar-refractivity contribution >= 4 is 5.65 Å². The summed E-state index contributed by atoms with van der Waals surface area (Å²) in [7, 11) is 0. The Morgan fingerprint density at radius 1 is 1.40 bits per heavy atom. The van der Waals surface area contributed by atoms with Crippen LogP contribution in [0, 0.1) is 6.92 Å². The average Bonchev–Trinajstić information content (AvgIpc) is 2.66. The van der Waals surface area contributed by atoms with Crippen LogP contribution >= 0.6 is 0 Å². The molecular formula is C11H15N3O. The number of nitrogens with one attached hydrogen (secondary N) is 1. The maximum atomic E-state index is 11.9. The zero-order valence-electron chi connectivity index (χ0n) is 9.29. The molecule has 0 bridgehead atoms. The van der Waals surface area contributed by atoms with Crippen molar-refractivity contribution < 1.29 is 0 Å². The van der Waals surface area contributed by atoms with Crippen molar-refractivity contribution in [1.82, 2.24) is 14.6 Å². The number of nitrogens with zero attached hydrogens (tertiary/aromatic N) is 2. The van der Waals surface area contributed by atoms with E-state index in [0.29, 0.717) is 0 Å². The molecule has 4 heteroatoms. The van der Waals surface area contributed by atoms with Gasteiger partial charge in [-0.2, -0.15) is 0 Å². The first kappa shape index (κ1) is 9.96. The van der Waals surface area contributed by atoms with Gasteiger partial charge in [-0.25, -0.2) is 9.50 Å². The number of aromatic amines is 1. The lowest BCUT2D eigenvalue weighted by Gasteiger charge is -2.01. The number of aryl methyl sites for hydroxylation is 2. The van der Waals surface area contributed by atoms with Crippen molar-refractivity contribution in [2.24, 2.45) is 0 Å². The van der Waals surface area contributed by atoms with Gasteiger partial charge in [0.1, 0.15) is 0 Å². The quantitative estimate of drug-likeness (QED) is 0.806. The molecule has 0 amide bonds. The van der Waals surface area contributed by atoms with Crippen LogP contribution in [-0.4, -0.2) is 14.6 Å². The highest BCUT2D eigenvalue weighted by Gasteiger charge is 2.08. The molecule has 2 aromatic rings. The van der Waals surface area contributed by atoms with Crippen molar-refractivity contribution in [3.05, 3.63) is 33.4 Å². The summed E-state index contributed by atoms with van der Waals surface area (Å²) in [4.78, 5) is 16.4. The molecule has 0 aliphatic rings. The van der Waals surface area contributed by atoms with Gasteiger partial charge in [0.25, 0.3) is 5.56 Å². The minimum Gasteiger partial charge on any atom is -0.294 e. The Kier molecular flexibility index (Phi) is 2.34. The van der Waals surface area contributed by atoms with Crippen molar-refractivity contribution in [2.75, 3.05) is 0 Å². The lowest BCUT2D eigenvalue weighted by Crippen LogP contribution is -2.20.